The summed E-state index contributed by atoms with van der Waals surface area (Å²) in [7, 11) is 0. The molecule has 0 radical (unpaired) electrons. The van der Waals surface area contributed by atoms with Crippen molar-refractivity contribution in [1.82, 2.24) is 0 Å². The maximum Gasteiger partial charge on any atom is 0.417 e. The summed E-state index contributed by atoms with van der Waals surface area (Å²) in [6.45, 7) is 0. The van der Waals surface area contributed by atoms with Gasteiger partial charge in [-0.2, -0.15) is 0 Å². The molecule has 0 saturated carbocycles. The third kappa shape index (κ3) is 7.86. The third-order valence-electron chi connectivity index (χ3n) is 6.94. The Hall–Kier alpha value is -6.74. The van der Waals surface area contributed by atoms with E-state index in [-0.39, 0.29) is 23.0 Å². The van der Waals surface area contributed by atoms with E-state index in [2.05, 4.69) is 10.6 Å². The third-order valence-corrected chi connectivity index (χ3v) is 6.94. The summed E-state index contributed by atoms with van der Waals surface area (Å²) in [6, 6.07) is 40.8. The second-order valence-corrected chi connectivity index (χ2v) is 10.3. The maximum atomic E-state index is 12.6. The van der Waals surface area contributed by atoms with E-state index >= 15 is 0 Å². The van der Waals surface area contributed by atoms with E-state index in [1.54, 1.807) is 133 Å². The summed E-state index contributed by atoms with van der Waals surface area (Å²) in [5, 5.41) is 25.2. The van der Waals surface area contributed by atoms with Crippen LogP contribution in [0.15, 0.2) is 146 Å². The van der Waals surface area contributed by atoms with Crippen LogP contribution in [0.25, 0.3) is 22.3 Å². The number of anilines is 2. The lowest BCUT2D eigenvalue weighted by Crippen LogP contribution is -2.16. The average Bonchev–Trinajstić information content (AvgIpc) is 3.08. The quantitative estimate of drug-likeness (QED) is 0.133. The minimum Gasteiger partial charge on any atom is -0.508 e. The van der Waals surface area contributed by atoms with E-state index in [1.807, 2.05) is 12.1 Å². The summed E-state index contributed by atoms with van der Waals surface area (Å²) in [5.74, 6) is 1.55. The molecule has 0 heterocycles. The van der Waals surface area contributed by atoms with Gasteiger partial charge in [0, 0.05) is 22.5 Å². The standard InChI is InChI=1S/C38H28N2O7/c41-29-15-11-25(12-16-29)33-23-31(45-37(43)39-27-7-3-1-4-8-27)19-21-35(33)47-36-22-20-32(24-34(36)26-13-17-30(42)18-14-26)46-38(44)40-28-9-5-2-6-10-28/h1-24,41-42H,(H,39,43)(H,40,44). The van der Waals surface area contributed by atoms with Gasteiger partial charge in [0.25, 0.3) is 0 Å². The van der Waals surface area contributed by atoms with Crippen LogP contribution in [0.3, 0.4) is 0 Å². The van der Waals surface area contributed by atoms with Crippen molar-refractivity contribution >= 4 is 23.6 Å². The summed E-state index contributed by atoms with van der Waals surface area (Å²) >= 11 is 0. The lowest BCUT2D eigenvalue weighted by molar-refractivity contribution is 0.214. The molecule has 0 fully saturated rings. The van der Waals surface area contributed by atoms with Crippen molar-refractivity contribution in [2.75, 3.05) is 10.6 Å². The van der Waals surface area contributed by atoms with Crippen LogP contribution in [0.1, 0.15) is 0 Å². The Balaban J connectivity index is 1.32. The van der Waals surface area contributed by atoms with E-state index in [4.69, 9.17) is 14.2 Å². The van der Waals surface area contributed by atoms with Crippen molar-refractivity contribution < 1.29 is 34.0 Å². The molecule has 6 aromatic carbocycles. The van der Waals surface area contributed by atoms with Crippen molar-refractivity contribution in [2.24, 2.45) is 0 Å². The number of nitrogens with one attached hydrogen (secondary N) is 2. The molecule has 0 aliphatic carbocycles. The first kappa shape index (κ1) is 30.3. The number of hydrogen-bond donors (Lipinski definition) is 4. The minimum absolute atomic E-state index is 0.0902. The van der Waals surface area contributed by atoms with E-state index < -0.39 is 12.2 Å². The average molecular weight is 625 g/mol. The molecule has 0 atom stereocenters. The van der Waals surface area contributed by atoms with Crippen LogP contribution in [0.5, 0.6) is 34.5 Å². The Labute approximate surface area is 270 Å². The molecule has 2 amide bonds. The molecule has 9 nitrogen and oxygen atoms in total. The number of para-hydroxylation sites is 2. The van der Waals surface area contributed by atoms with Gasteiger partial charge in [-0.1, -0.05) is 60.7 Å². The number of ether oxygens (including phenoxy) is 3. The molecule has 4 N–H and O–H groups in total. The van der Waals surface area contributed by atoms with Gasteiger partial charge in [-0.3, -0.25) is 10.6 Å². The smallest absolute Gasteiger partial charge is 0.417 e. The highest BCUT2D eigenvalue weighted by molar-refractivity contribution is 5.88. The summed E-state index contributed by atoms with van der Waals surface area (Å²) in [5.41, 5.74) is 3.71. The van der Waals surface area contributed by atoms with Crippen LogP contribution in [0, 0.1) is 0 Å². The van der Waals surface area contributed by atoms with Crippen LogP contribution in [0.4, 0.5) is 21.0 Å². The largest absolute Gasteiger partial charge is 0.508 e. The number of carbonyl (C=O) groups is 2. The van der Waals surface area contributed by atoms with Gasteiger partial charge >= 0.3 is 12.2 Å². The molecular formula is C38H28N2O7. The zero-order valence-electron chi connectivity index (χ0n) is 24.8. The van der Waals surface area contributed by atoms with Gasteiger partial charge in [-0.05, 0) is 96.1 Å². The van der Waals surface area contributed by atoms with Crippen LogP contribution in [-0.4, -0.2) is 22.4 Å². The van der Waals surface area contributed by atoms with E-state index in [1.165, 1.54) is 0 Å². The predicted octanol–water partition coefficient (Wildman–Crippen LogP) is 9.45. The first-order valence-corrected chi connectivity index (χ1v) is 14.5. The topological polar surface area (TPSA) is 126 Å². The van der Waals surface area contributed by atoms with Crippen LogP contribution < -0.4 is 24.8 Å². The number of carbonyl (C=O) groups excluding carboxylic acids is 2. The number of phenolic OH excluding ortho intramolecular Hbond substituents is 2. The van der Waals surface area contributed by atoms with Gasteiger partial charge < -0.3 is 24.4 Å². The molecular weight excluding hydrogens is 596 g/mol. The van der Waals surface area contributed by atoms with Crippen LogP contribution in [-0.2, 0) is 0 Å². The first-order valence-electron chi connectivity index (χ1n) is 14.5. The van der Waals surface area contributed by atoms with Crippen molar-refractivity contribution in [3.8, 4) is 56.8 Å². The second-order valence-electron chi connectivity index (χ2n) is 10.3. The number of amides is 2. The first-order chi connectivity index (χ1) is 22.9. The van der Waals surface area contributed by atoms with Gasteiger partial charge in [0.15, 0.2) is 0 Å². The number of phenols is 2. The van der Waals surface area contributed by atoms with Gasteiger partial charge in [0.2, 0.25) is 0 Å². The van der Waals surface area contributed by atoms with Crippen molar-refractivity contribution in [2.45, 2.75) is 0 Å². The zero-order chi connectivity index (χ0) is 32.6. The van der Waals surface area contributed by atoms with Gasteiger partial charge in [-0.25, -0.2) is 9.59 Å². The molecule has 9 heteroatoms. The summed E-state index contributed by atoms with van der Waals surface area (Å²) in [4.78, 5) is 25.3. The second kappa shape index (κ2) is 13.9. The highest BCUT2D eigenvalue weighted by Gasteiger charge is 2.17. The van der Waals surface area contributed by atoms with E-state index in [0.717, 1.165) is 0 Å². The normalized spacial score (nSPS) is 10.5. The molecule has 0 saturated heterocycles. The minimum atomic E-state index is -0.664. The molecule has 0 spiro atoms. The highest BCUT2D eigenvalue weighted by Crippen LogP contribution is 2.41. The molecule has 0 bridgehead atoms. The zero-order valence-corrected chi connectivity index (χ0v) is 24.8. The van der Waals surface area contributed by atoms with Crippen LogP contribution >= 0.6 is 0 Å². The fraction of sp³-hybridized carbons (Fsp3) is 0. The molecule has 0 aromatic heterocycles. The van der Waals surface area contributed by atoms with E-state index in [0.29, 0.717) is 45.1 Å². The molecule has 0 aliphatic heterocycles. The molecule has 0 aliphatic rings. The van der Waals surface area contributed by atoms with Crippen molar-refractivity contribution in [3.05, 3.63) is 146 Å². The van der Waals surface area contributed by atoms with Gasteiger partial charge in [-0.15, -0.1) is 0 Å². The molecule has 0 unspecified atom stereocenters. The van der Waals surface area contributed by atoms with Crippen LogP contribution in [0.2, 0.25) is 0 Å². The fourth-order valence-corrected chi connectivity index (χ4v) is 4.72. The Morgan fingerprint density at radius 2 is 0.851 bits per heavy atom. The van der Waals surface area contributed by atoms with E-state index in [9.17, 15) is 19.8 Å². The predicted molar refractivity (Wildman–Crippen MR) is 179 cm³/mol. The molecule has 6 aromatic rings. The maximum absolute atomic E-state index is 12.6. The highest BCUT2D eigenvalue weighted by atomic mass is 16.6. The summed E-state index contributed by atoms with van der Waals surface area (Å²) < 4.78 is 17.6. The lowest BCUT2D eigenvalue weighted by Gasteiger charge is -2.17. The Kier molecular flexibility index (Phi) is 8.97. The lowest BCUT2D eigenvalue weighted by atomic mass is 10.0. The molecule has 232 valence electrons. The van der Waals surface area contributed by atoms with Crippen molar-refractivity contribution in [3.63, 3.8) is 0 Å². The summed E-state index contributed by atoms with van der Waals surface area (Å²) in [6.07, 6.45) is -1.33. The fourth-order valence-electron chi connectivity index (χ4n) is 4.72. The number of benzene rings is 6. The molecule has 47 heavy (non-hydrogen) atoms. The number of rotatable bonds is 8. The number of aromatic hydroxyl groups is 2. The van der Waals surface area contributed by atoms with Gasteiger partial charge in [0.05, 0.1) is 0 Å². The molecule has 6 rings (SSSR count). The Morgan fingerprint density at radius 1 is 0.468 bits per heavy atom. The number of hydrogen-bond acceptors (Lipinski definition) is 7. The Bertz CT molecular complexity index is 1850. The monoisotopic (exact) mass is 624 g/mol. The van der Waals surface area contributed by atoms with Crippen molar-refractivity contribution in [1.29, 1.82) is 0 Å². The Morgan fingerprint density at radius 3 is 1.23 bits per heavy atom. The van der Waals surface area contributed by atoms with Gasteiger partial charge in [0.1, 0.15) is 34.5 Å². The SMILES string of the molecule is O=C(Nc1ccccc1)Oc1ccc(Oc2ccc(OC(=O)Nc3ccccc3)cc2-c2ccc(O)cc2)c(-c2ccc(O)cc2)c1.